The van der Waals surface area contributed by atoms with Crippen molar-refractivity contribution in [3.63, 3.8) is 0 Å². The quantitative estimate of drug-likeness (QED) is 0.729. The van der Waals surface area contributed by atoms with Crippen molar-refractivity contribution in [3.05, 3.63) is 54.1 Å². The molecule has 0 atom stereocenters. The molecule has 0 aromatic heterocycles. The fourth-order valence-corrected chi connectivity index (χ4v) is 2.63. The molecule has 7 nitrogen and oxygen atoms in total. The molecule has 7 heteroatoms. The SMILES string of the molecule is COc1ccccc1NC(=O)NCC#Cc1ccc(N2CCNC2=O)cc1. The number of methoxy groups -OCH3 is 1. The molecule has 1 aliphatic heterocycles. The third kappa shape index (κ3) is 4.70. The number of para-hydroxylation sites is 2. The standard InChI is InChI=1S/C20H20N4O3/c1-27-18-7-3-2-6-17(18)23-19(25)21-12-4-5-15-8-10-16(11-9-15)24-14-13-22-20(24)26/h2-3,6-11H,12-14H2,1H3,(H,22,26)(H2,21,23,25). The van der Waals surface area contributed by atoms with Gasteiger partial charge < -0.3 is 20.7 Å². The largest absolute Gasteiger partial charge is 0.495 e. The number of benzene rings is 2. The van der Waals surface area contributed by atoms with E-state index >= 15 is 0 Å². The van der Waals surface area contributed by atoms with Crippen LogP contribution >= 0.6 is 0 Å². The van der Waals surface area contributed by atoms with E-state index in [0.29, 0.717) is 24.5 Å². The van der Waals surface area contributed by atoms with Gasteiger partial charge in [-0.2, -0.15) is 0 Å². The molecule has 138 valence electrons. The molecule has 0 bridgehead atoms. The molecule has 0 radical (unpaired) electrons. The Kier molecular flexibility index (Phi) is 5.80. The summed E-state index contributed by atoms with van der Waals surface area (Å²) in [4.78, 5) is 25.2. The number of nitrogens with zero attached hydrogens (tertiary/aromatic N) is 1. The molecule has 0 aliphatic carbocycles. The molecule has 1 heterocycles. The lowest BCUT2D eigenvalue weighted by molar-refractivity contribution is 0.251. The average molecular weight is 364 g/mol. The number of anilines is 2. The summed E-state index contributed by atoms with van der Waals surface area (Å²) in [5.74, 6) is 6.47. The Bertz CT molecular complexity index is 884. The molecule has 3 N–H and O–H groups in total. The van der Waals surface area contributed by atoms with Gasteiger partial charge in [0.1, 0.15) is 5.75 Å². The van der Waals surface area contributed by atoms with Crippen LogP contribution in [0, 0.1) is 11.8 Å². The summed E-state index contributed by atoms with van der Waals surface area (Å²) in [5, 5.41) is 8.16. The highest BCUT2D eigenvalue weighted by Gasteiger charge is 2.20. The Balaban J connectivity index is 1.50. The molecule has 2 aromatic rings. The summed E-state index contributed by atoms with van der Waals surface area (Å²) in [6.45, 7) is 1.52. The molecule has 1 aliphatic rings. The average Bonchev–Trinajstić information content (AvgIpc) is 3.12. The van der Waals surface area contributed by atoms with Crippen molar-refractivity contribution in [1.29, 1.82) is 0 Å². The maximum absolute atomic E-state index is 11.9. The zero-order chi connectivity index (χ0) is 19.1. The van der Waals surface area contributed by atoms with Crippen LogP contribution in [-0.4, -0.2) is 38.8 Å². The molecule has 27 heavy (non-hydrogen) atoms. The van der Waals surface area contributed by atoms with Crippen LogP contribution in [0.15, 0.2) is 48.5 Å². The number of rotatable bonds is 4. The number of carbonyl (C=O) groups is 2. The lowest BCUT2D eigenvalue weighted by Crippen LogP contribution is -2.29. The number of amides is 4. The third-order valence-electron chi connectivity index (χ3n) is 3.96. The highest BCUT2D eigenvalue weighted by molar-refractivity contribution is 5.94. The van der Waals surface area contributed by atoms with Crippen molar-refractivity contribution >= 4 is 23.4 Å². The van der Waals surface area contributed by atoms with Crippen molar-refractivity contribution in [2.75, 3.05) is 37.0 Å². The minimum Gasteiger partial charge on any atom is -0.495 e. The molecular formula is C20H20N4O3. The van der Waals surface area contributed by atoms with E-state index in [9.17, 15) is 9.59 Å². The Morgan fingerprint density at radius 3 is 2.70 bits per heavy atom. The molecular weight excluding hydrogens is 344 g/mol. The van der Waals surface area contributed by atoms with Crippen LogP contribution in [0.5, 0.6) is 5.75 Å². The molecule has 0 saturated carbocycles. The molecule has 1 fully saturated rings. The van der Waals surface area contributed by atoms with Gasteiger partial charge in [0.2, 0.25) is 0 Å². The van der Waals surface area contributed by atoms with E-state index in [1.54, 1.807) is 24.1 Å². The van der Waals surface area contributed by atoms with Gasteiger partial charge in [-0.1, -0.05) is 24.0 Å². The monoisotopic (exact) mass is 364 g/mol. The second-order valence-corrected chi connectivity index (χ2v) is 5.74. The van der Waals surface area contributed by atoms with Crippen LogP contribution in [0.1, 0.15) is 5.56 Å². The van der Waals surface area contributed by atoms with E-state index in [1.165, 1.54) is 0 Å². The molecule has 3 rings (SSSR count). The minimum absolute atomic E-state index is 0.0842. The van der Waals surface area contributed by atoms with Gasteiger partial charge in [-0.25, -0.2) is 9.59 Å². The van der Waals surface area contributed by atoms with Crippen LogP contribution in [0.25, 0.3) is 0 Å². The first kappa shape index (κ1) is 18.1. The second-order valence-electron chi connectivity index (χ2n) is 5.74. The summed E-state index contributed by atoms with van der Waals surface area (Å²) in [6, 6.07) is 14.1. The summed E-state index contributed by atoms with van der Waals surface area (Å²) >= 11 is 0. The maximum atomic E-state index is 11.9. The van der Waals surface area contributed by atoms with E-state index in [2.05, 4.69) is 27.8 Å². The van der Waals surface area contributed by atoms with Crippen molar-refractivity contribution in [3.8, 4) is 17.6 Å². The summed E-state index contributed by atoms with van der Waals surface area (Å²) in [5.41, 5.74) is 2.24. The molecule has 0 spiro atoms. The van der Waals surface area contributed by atoms with Crippen LogP contribution < -0.4 is 25.6 Å². The first-order chi connectivity index (χ1) is 13.2. The number of urea groups is 2. The topological polar surface area (TPSA) is 82.7 Å². The van der Waals surface area contributed by atoms with Crippen molar-refractivity contribution in [1.82, 2.24) is 10.6 Å². The molecule has 2 aromatic carbocycles. The Morgan fingerprint density at radius 2 is 2.00 bits per heavy atom. The lowest BCUT2D eigenvalue weighted by atomic mass is 10.2. The van der Waals surface area contributed by atoms with E-state index < -0.39 is 0 Å². The van der Waals surface area contributed by atoms with E-state index in [-0.39, 0.29) is 18.6 Å². The first-order valence-electron chi connectivity index (χ1n) is 8.49. The number of carbonyl (C=O) groups excluding carboxylic acids is 2. The van der Waals surface area contributed by atoms with Gasteiger partial charge in [0.25, 0.3) is 0 Å². The van der Waals surface area contributed by atoms with E-state index in [1.807, 2.05) is 36.4 Å². The number of hydrogen-bond acceptors (Lipinski definition) is 3. The first-order valence-corrected chi connectivity index (χ1v) is 8.49. The van der Waals surface area contributed by atoms with Crippen LogP contribution in [0.4, 0.5) is 21.0 Å². The third-order valence-corrected chi connectivity index (χ3v) is 3.96. The van der Waals surface area contributed by atoms with Crippen molar-refractivity contribution < 1.29 is 14.3 Å². The highest BCUT2D eigenvalue weighted by Crippen LogP contribution is 2.22. The predicted octanol–water partition coefficient (Wildman–Crippen LogP) is 2.40. The van der Waals surface area contributed by atoms with Gasteiger partial charge in [-0.3, -0.25) is 4.90 Å². The fourth-order valence-electron chi connectivity index (χ4n) is 2.63. The maximum Gasteiger partial charge on any atom is 0.321 e. The number of hydrogen-bond donors (Lipinski definition) is 3. The lowest BCUT2D eigenvalue weighted by Gasteiger charge is -2.13. The normalized spacial score (nSPS) is 12.6. The Hall–Kier alpha value is -3.66. The van der Waals surface area contributed by atoms with Crippen LogP contribution in [0.3, 0.4) is 0 Å². The van der Waals surface area contributed by atoms with Gasteiger partial charge in [-0.05, 0) is 36.4 Å². The number of nitrogens with one attached hydrogen (secondary N) is 3. The van der Waals surface area contributed by atoms with Crippen LogP contribution in [0.2, 0.25) is 0 Å². The highest BCUT2D eigenvalue weighted by atomic mass is 16.5. The summed E-state index contributed by atoms with van der Waals surface area (Å²) < 4.78 is 5.18. The van der Waals surface area contributed by atoms with E-state index in [4.69, 9.17) is 4.74 Å². The van der Waals surface area contributed by atoms with Crippen molar-refractivity contribution in [2.45, 2.75) is 0 Å². The smallest absolute Gasteiger partial charge is 0.321 e. The molecule has 1 saturated heterocycles. The summed E-state index contributed by atoms with van der Waals surface area (Å²) in [6.07, 6.45) is 0. The van der Waals surface area contributed by atoms with E-state index in [0.717, 1.165) is 11.3 Å². The predicted molar refractivity (Wildman–Crippen MR) is 104 cm³/mol. The molecule has 4 amide bonds. The summed E-state index contributed by atoms with van der Waals surface area (Å²) in [7, 11) is 1.55. The Labute approximate surface area is 157 Å². The zero-order valence-corrected chi connectivity index (χ0v) is 14.9. The van der Waals surface area contributed by atoms with Gasteiger partial charge >= 0.3 is 12.1 Å². The minimum atomic E-state index is -0.357. The van der Waals surface area contributed by atoms with Gasteiger partial charge in [0.15, 0.2) is 0 Å². The Morgan fingerprint density at radius 1 is 1.22 bits per heavy atom. The fraction of sp³-hybridized carbons (Fsp3) is 0.200. The van der Waals surface area contributed by atoms with Crippen LogP contribution in [-0.2, 0) is 0 Å². The van der Waals surface area contributed by atoms with Gasteiger partial charge in [0.05, 0.1) is 19.3 Å². The molecule has 0 unspecified atom stereocenters. The second kappa shape index (κ2) is 8.63. The number of ether oxygens (including phenoxy) is 1. The van der Waals surface area contributed by atoms with Crippen molar-refractivity contribution in [2.24, 2.45) is 0 Å². The van der Waals surface area contributed by atoms with Gasteiger partial charge in [-0.15, -0.1) is 0 Å². The zero-order valence-electron chi connectivity index (χ0n) is 14.9. The van der Waals surface area contributed by atoms with Gasteiger partial charge in [0, 0.05) is 24.3 Å².